The van der Waals surface area contributed by atoms with E-state index in [1.165, 1.54) is 0 Å². The summed E-state index contributed by atoms with van der Waals surface area (Å²) in [5.74, 6) is -0.504. The summed E-state index contributed by atoms with van der Waals surface area (Å²) in [6.07, 6.45) is 4.27. The van der Waals surface area contributed by atoms with Gasteiger partial charge in [-0.2, -0.15) is 0 Å². The lowest BCUT2D eigenvalue weighted by Gasteiger charge is -2.26. The Hall–Kier alpha value is -2.41. The van der Waals surface area contributed by atoms with Crippen LogP contribution in [0, 0.1) is 6.42 Å². The van der Waals surface area contributed by atoms with E-state index < -0.39 is 11.9 Å². The molecule has 1 aromatic carbocycles. The summed E-state index contributed by atoms with van der Waals surface area (Å²) in [4.78, 5) is 39.3. The molecule has 0 bridgehead atoms. The van der Waals surface area contributed by atoms with Crippen LogP contribution in [-0.4, -0.2) is 54.8 Å². The SMILES string of the molecule is CN1CC(NC(=O)c2ccc(N3CCCCC3=O)cc2)[CH]C1C(N)=O. The Morgan fingerprint density at radius 2 is 1.92 bits per heavy atom. The minimum Gasteiger partial charge on any atom is -0.368 e. The van der Waals surface area contributed by atoms with E-state index in [-0.39, 0.29) is 17.9 Å². The van der Waals surface area contributed by atoms with Crippen molar-refractivity contribution in [2.75, 3.05) is 25.0 Å². The molecule has 0 aromatic heterocycles. The summed E-state index contributed by atoms with van der Waals surface area (Å²) >= 11 is 0. The number of nitrogens with two attached hydrogens (primary N) is 1. The smallest absolute Gasteiger partial charge is 0.251 e. The van der Waals surface area contributed by atoms with Crippen molar-refractivity contribution in [3.05, 3.63) is 36.2 Å². The van der Waals surface area contributed by atoms with Gasteiger partial charge in [0.25, 0.3) is 5.91 Å². The first kappa shape index (κ1) is 17.4. The van der Waals surface area contributed by atoms with Crippen LogP contribution in [0.3, 0.4) is 0 Å². The van der Waals surface area contributed by atoms with Gasteiger partial charge in [-0.3, -0.25) is 19.3 Å². The van der Waals surface area contributed by atoms with Gasteiger partial charge in [-0.15, -0.1) is 0 Å². The quantitative estimate of drug-likeness (QED) is 0.822. The first-order valence-electron chi connectivity index (χ1n) is 8.51. The van der Waals surface area contributed by atoms with Crippen molar-refractivity contribution in [2.45, 2.75) is 31.3 Å². The molecule has 1 aromatic rings. The van der Waals surface area contributed by atoms with Crippen LogP contribution >= 0.6 is 0 Å². The Morgan fingerprint density at radius 3 is 2.52 bits per heavy atom. The minimum atomic E-state index is -0.460. The van der Waals surface area contributed by atoms with Gasteiger partial charge in [0.15, 0.2) is 0 Å². The summed E-state index contributed by atoms with van der Waals surface area (Å²) in [7, 11) is 1.79. The average Bonchev–Trinajstić information content (AvgIpc) is 2.96. The summed E-state index contributed by atoms with van der Waals surface area (Å²) in [6, 6.07) is 6.35. The van der Waals surface area contributed by atoms with E-state index in [1.807, 2.05) is 0 Å². The fraction of sp³-hybridized carbons (Fsp3) is 0.444. The summed E-state index contributed by atoms with van der Waals surface area (Å²) in [5, 5.41) is 2.89. The maximum atomic E-state index is 12.4. The van der Waals surface area contributed by atoms with Crippen LogP contribution in [0.5, 0.6) is 0 Å². The molecule has 3 rings (SSSR count). The number of rotatable bonds is 4. The van der Waals surface area contributed by atoms with Gasteiger partial charge in [0.2, 0.25) is 11.8 Å². The van der Waals surface area contributed by atoms with E-state index in [4.69, 9.17) is 5.73 Å². The zero-order valence-corrected chi connectivity index (χ0v) is 14.3. The highest BCUT2D eigenvalue weighted by molar-refractivity contribution is 5.97. The largest absolute Gasteiger partial charge is 0.368 e. The van der Waals surface area contributed by atoms with Crippen molar-refractivity contribution < 1.29 is 14.4 Å². The molecule has 7 heteroatoms. The molecule has 0 saturated carbocycles. The summed E-state index contributed by atoms with van der Waals surface area (Å²) < 4.78 is 0. The lowest BCUT2D eigenvalue weighted by atomic mass is 10.1. The normalized spacial score (nSPS) is 24.4. The third-order valence-electron chi connectivity index (χ3n) is 4.75. The van der Waals surface area contributed by atoms with Crippen LogP contribution in [0.2, 0.25) is 0 Å². The lowest BCUT2D eigenvalue weighted by molar-refractivity contribution is -0.121. The number of nitrogens with zero attached hydrogens (tertiary/aromatic N) is 2. The zero-order valence-electron chi connectivity index (χ0n) is 14.3. The van der Waals surface area contributed by atoms with E-state index in [0.29, 0.717) is 18.5 Å². The van der Waals surface area contributed by atoms with Crippen molar-refractivity contribution in [3.8, 4) is 0 Å². The number of nitrogens with one attached hydrogen (secondary N) is 1. The molecule has 2 fully saturated rings. The predicted molar refractivity (Wildman–Crippen MR) is 93.8 cm³/mol. The third kappa shape index (κ3) is 3.82. The number of amides is 3. The molecule has 2 unspecified atom stereocenters. The molecule has 0 aliphatic carbocycles. The van der Waals surface area contributed by atoms with E-state index in [9.17, 15) is 14.4 Å². The fourth-order valence-corrected chi connectivity index (χ4v) is 3.38. The highest BCUT2D eigenvalue weighted by Gasteiger charge is 2.34. The highest BCUT2D eigenvalue weighted by Crippen LogP contribution is 2.21. The van der Waals surface area contributed by atoms with Gasteiger partial charge in [-0.25, -0.2) is 0 Å². The van der Waals surface area contributed by atoms with Gasteiger partial charge in [0.05, 0.1) is 6.04 Å². The molecule has 1 radical (unpaired) electrons. The molecule has 7 nitrogen and oxygen atoms in total. The molecule has 25 heavy (non-hydrogen) atoms. The van der Waals surface area contributed by atoms with Crippen LogP contribution in [-0.2, 0) is 9.59 Å². The number of likely N-dealkylation sites (N-methyl/N-ethyl adjacent to an activating group) is 1. The van der Waals surface area contributed by atoms with Crippen molar-refractivity contribution >= 4 is 23.4 Å². The fourth-order valence-electron chi connectivity index (χ4n) is 3.38. The van der Waals surface area contributed by atoms with Gasteiger partial charge in [-0.05, 0) is 44.2 Å². The first-order chi connectivity index (χ1) is 12.0. The molecular formula is C18H23N4O3. The van der Waals surface area contributed by atoms with Crippen LogP contribution in [0.1, 0.15) is 29.6 Å². The first-order valence-corrected chi connectivity index (χ1v) is 8.51. The molecule has 133 valence electrons. The van der Waals surface area contributed by atoms with E-state index >= 15 is 0 Å². The number of hydrogen-bond donors (Lipinski definition) is 2. The molecule has 3 amide bonds. The van der Waals surface area contributed by atoms with Crippen LogP contribution in [0.15, 0.2) is 24.3 Å². The lowest BCUT2D eigenvalue weighted by Crippen LogP contribution is -2.37. The molecule has 2 heterocycles. The van der Waals surface area contributed by atoms with Crippen molar-refractivity contribution in [1.29, 1.82) is 0 Å². The second kappa shape index (κ2) is 7.23. The van der Waals surface area contributed by atoms with Gasteiger partial charge < -0.3 is 16.0 Å². The maximum Gasteiger partial charge on any atom is 0.251 e. The maximum absolute atomic E-state index is 12.4. The van der Waals surface area contributed by atoms with Gasteiger partial charge in [0, 0.05) is 43.2 Å². The van der Waals surface area contributed by atoms with Gasteiger partial charge in [-0.1, -0.05) is 0 Å². The Bertz CT molecular complexity index is 673. The Morgan fingerprint density at radius 1 is 1.20 bits per heavy atom. The standard InChI is InChI=1S/C18H23N4O3/c1-21-11-13(10-15(21)17(19)24)20-18(25)12-5-7-14(8-6-12)22-9-3-2-4-16(22)23/h5-8,10,13,15H,2-4,9,11H2,1H3,(H2,19,24)(H,20,25). The zero-order chi connectivity index (χ0) is 18.0. The van der Waals surface area contributed by atoms with Crippen molar-refractivity contribution in [3.63, 3.8) is 0 Å². The second-order valence-corrected chi connectivity index (χ2v) is 6.61. The number of primary amides is 1. The van der Waals surface area contributed by atoms with Crippen LogP contribution in [0.4, 0.5) is 5.69 Å². The molecule has 2 aliphatic heterocycles. The van der Waals surface area contributed by atoms with E-state index in [2.05, 4.69) is 5.32 Å². The Kier molecular flexibility index (Phi) is 5.03. The van der Waals surface area contributed by atoms with Gasteiger partial charge >= 0.3 is 0 Å². The number of anilines is 1. The van der Waals surface area contributed by atoms with E-state index in [0.717, 1.165) is 25.1 Å². The molecule has 2 atom stereocenters. The number of carbonyl (C=O) groups is 3. The van der Waals surface area contributed by atoms with Crippen molar-refractivity contribution in [1.82, 2.24) is 10.2 Å². The molecule has 2 saturated heterocycles. The summed E-state index contributed by atoms with van der Waals surface area (Å²) in [6.45, 7) is 1.27. The summed E-state index contributed by atoms with van der Waals surface area (Å²) in [5.41, 5.74) is 6.68. The number of likely N-dealkylation sites (tertiary alicyclic amines) is 1. The number of piperidine rings is 1. The monoisotopic (exact) mass is 343 g/mol. The molecule has 3 N–H and O–H groups in total. The molecule has 0 spiro atoms. The molecular weight excluding hydrogens is 320 g/mol. The topological polar surface area (TPSA) is 95.7 Å². The van der Waals surface area contributed by atoms with Crippen LogP contribution < -0.4 is 16.0 Å². The minimum absolute atomic E-state index is 0.129. The Balaban J connectivity index is 1.61. The molecule has 2 aliphatic rings. The van der Waals surface area contributed by atoms with Gasteiger partial charge in [0.1, 0.15) is 0 Å². The second-order valence-electron chi connectivity index (χ2n) is 6.61. The average molecular weight is 343 g/mol. The van der Waals surface area contributed by atoms with Crippen molar-refractivity contribution in [2.24, 2.45) is 5.73 Å². The predicted octanol–water partition coefficient (Wildman–Crippen LogP) is 0.305. The highest BCUT2D eigenvalue weighted by atomic mass is 16.2. The number of carbonyl (C=O) groups excluding carboxylic acids is 3. The number of hydrogen-bond acceptors (Lipinski definition) is 4. The van der Waals surface area contributed by atoms with Crippen LogP contribution in [0.25, 0.3) is 0 Å². The van der Waals surface area contributed by atoms with E-state index in [1.54, 1.807) is 47.5 Å². The number of benzene rings is 1. The Labute approximate surface area is 147 Å². The third-order valence-corrected chi connectivity index (χ3v) is 4.75.